The van der Waals surface area contributed by atoms with Gasteiger partial charge in [0.2, 0.25) is 0 Å². The SMILES string of the molecule is N/C(=C\C(=O)O)CCCCCC/C(N)=C/C(=O)O. The van der Waals surface area contributed by atoms with E-state index < -0.39 is 11.9 Å². The maximum atomic E-state index is 10.3. The minimum absolute atomic E-state index is 0.368. The molecule has 6 N–H and O–H groups in total. The lowest BCUT2D eigenvalue weighted by atomic mass is 10.1. The molecule has 0 bridgehead atoms. The molecule has 0 aliphatic rings. The third kappa shape index (κ3) is 10.5. The molecule has 102 valence electrons. The summed E-state index contributed by atoms with van der Waals surface area (Å²) in [7, 11) is 0. The molecule has 0 spiro atoms. The predicted molar refractivity (Wildman–Crippen MR) is 67.5 cm³/mol. The lowest BCUT2D eigenvalue weighted by Crippen LogP contribution is -2.02. The summed E-state index contributed by atoms with van der Waals surface area (Å²) in [5, 5.41) is 16.9. The van der Waals surface area contributed by atoms with E-state index in [2.05, 4.69) is 0 Å². The standard InChI is InChI=1S/C12H20N2O4/c13-9(7-11(15)16)5-3-1-2-4-6-10(14)8-12(17)18/h7-8H,1-6,13-14H2,(H,15,16)(H,17,18)/b9-7-,10-8-. The van der Waals surface area contributed by atoms with E-state index in [-0.39, 0.29) is 0 Å². The fourth-order valence-electron chi connectivity index (χ4n) is 1.47. The zero-order valence-electron chi connectivity index (χ0n) is 10.3. The van der Waals surface area contributed by atoms with Crippen molar-refractivity contribution >= 4 is 11.9 Å². The highest BCUT2D eigenvalue weighted by Crippen LogP contribution is 2.10. The zero-order chi connectivity index (χ0) is 14.0. The van der Waals surface area contributed by atoms with Crippen molar-refractivity contribution in [1.82, 2.24) is 0 Å². The number of carboxylic acid groups (broad SMARTS) is 2. The monoisotopic (exact) mass is 256 g/mol. The Labute approximate surface area is 106 Å². The summed E-state index contributed by atoms with van der Waals surface area (Å²) in [4.78, 5) is 20.6. The number of unbranched alkanes of at least 4 members (excludes halogenated alkanes) is 3. The molecule has 6 heteroatoms. The van der Waals surface area contributed by atoms with Gasteiger partial charge in [-0.1, -0.05) is 12.8 Å². The fourth-order valence-corrected chi connectivity index (χ4v) is 1.47. The first-order valence-corrected chi connectivity index (χ1v) is 5.79. The Morgan fingerprint density at radius 3 is 1.39 bits per heavy atom. The van der Waals surface area contributed by atoms with E-state index in [4.69, 9.17) is 21.7 Å². The molecule has 0 fully saturated rings. The predicted octanol–water partition coefficient (Wildman–Crippen LogP) is 1.18. The molecule has 0 aromatic carbocycles. The lowest BCUT2D eigenvalue weighted by molar-refractivity contribution is -0.132. The minimum atomic E-state index is -1.03. The molecule has 18 heavy (non-hydrogen) atoms. The molecule has 0 aliphatic heterocycles. The molecule has 0 amide bonds. The van der Waals surface area contributed by atoms with Gasteiger partial charge in [0.15, 0.2) is 0 Å². The number of hydrogen-bond acceptors (Lipinski definition) is 4. The maximum absolute atomic E-state index is 10.3. The van der Waals surface area contributed by atoms with E-state index in [1.807, 2.05) is 0 Å². The van der Waals surface area contributed by atoms with Gasteiger partial charge >= 0.3 is 11.9 Å². The second-order valence-corrected chi connectivity index (χ2v) is 4.03. The van der Waals surface area contributed by atoms with Gasteiger partial charge in [0.05, 0.1) is 0 Å². The Morgan fingerprint density at radius 1 is 0.778 bits per heavy atom. The summed E-state index contributed by atoms with van der Waals surface area (Å²) in [6, 6.07) is 0. The molecule has 0 heterocycles. The summed E-state index contributed by atoms with van der Waals surface area (Å²) >= 11 is 0. The molecule has 0 aromatic heterocycles. The number of carbonyl (C=O) groups is 2. The van der Waals surface area contributed by atoms with Crippen LogP contribution in [0.2, 0.25) is 0 Å². The van der Waals surface area contributed by atoms with Gasteiger partial charge in [-0.3, -0.25) is 0 Å². The van der Waals surface area contributed by atoms with Gasteiger partial charge in [0, 0.05) is 23.5 Å². The number of rotatable bonds is 9. The van der Waals surface area contributed by atoms with Gasteiger partial charge in [-0.15, -0.1) is 0 Å². The van der Waals surface area contributed by atoms with E-state index in [0.29, 0.717) is 24.2 Å². The van der Waals surface area contributed by atoms with Crippen molar-refractivity contribution < 1.29 is 19.8 Å². The van der Waals surface area contributed by atoms with Crippen LogP contribution >= 0.6 is 0 Å². The molecule has 0 unspecified atom stereocenters. The van der Waals surface area contributed by atoms with Gasteiger partial charge in [0.25, 0.3) is 0 Å². The van der Waals surface area contributed by atoms with Crippen LogP contribution in [0.5, 0.6) is 0 Å². The van der Waals surface area contributed by atoms with Crippen molar-refractivity contribution in [3.63, 3.8) is 0 Å². The Bertz CT molecular complexity index is 314. The van der Waals surface area contributed by atoms with Crippen LogP contribution in [0.3, 0.4) is 0 Å². The third-order valence-corrected chi connectivity index (χ3v) is 2.30. The summed E-state index contributed by atoms with van der Waals surface area (Å²) in [6.07, 6.45) is 6.60. The Morgan fingerprint density at radius 2 is 1.11 bits per heavy atom. The minimum Gasteiger partial charge on any atom is -0.478 e. The average Bonchev–Trinajstić information content (AvgIpc) is 2.20. The number of hydrogen-bond donors (Lipinski definition) is 4. The molecular weight excluding hydrogens is 236 g/mol. The Balaban J connectivity index is 3.58. The first kappa shape index (κ1) is 16.0. The fraction of sp³-hybridized carbons (Fsp3) is 0.500. The van der Waals surface area contributed by atoms with Crippen LogP contribution in [0.15, 0.2) is 23.5 Å². The first-order chi connectivity index (χ1) is 8.41. The second kappa shape index (κ2) is 9.09. The summed E-state index contributed by atoms with van der Waals surface area (Å²) < 4.78 is 0. The second-order valence-electron chi connectivity index (χ2n) is 4.03. The van der Waals surface area contributed by atoms with Crippen LogP contribution in [-0.2, 0) is 9.59 Å². The molecule has 0 rings (SSSR count). The van der Waals surface area contributed by atoms with Crippen LogP contribution in [0, 0.1) is 0 Å². The number of nitrogens with two attached hydrogens (primary N) is 2. The molecule has 0 radical (unpaired) electrons. The van der Waals surface area contributed by atoms with Gasteiger partial charge in [-0.25, -0.2) is 9.59 Å². The molecule has 0 saturated carbocycles. The highest BCUT2D eigenvalue weighted by atomic mass is 16.4. The molecular formula is C12H20N2O4. The number of aliphatic carboxylic acids is 2. The van der Waals surface area contributed by atoms with Gasteiger partial charge in [-0.2, -0.15) is 0 Å². The number of carboxylic acids is 2. The topological polar surface area (TPSA) is 127 Å². The highest BCUT2D eigenvalue weighted by Gasteiger charge is 1.98. The molecule has 6 nitrogen and oxygen atoms in total. The number of allylic oxidation sites excluding steroid dienone is 2. The largest absolute Gasteiger partial charge is 0.478 e. The molecule has 0 saturated heterocycles. The van der Waals surface area contributed by atoms with Gasteiger partial charge in [0.1, 0.15) is 0 Å². The van der Waals surface area contributed by atoms with E-state index >= 15 is 0 Å². The highest BCUT2D eigenvalue weighted by molar-refractivity contribution is 5.80. The smallest absolute Gasteiger partial charge is 0.330 e. The van der Waals surface area contributed by atoms with Crippen molar-refractivity contribution in [3.8, 4) is 0 Å². The van der Waals surface area contributed by atoms with E-state index in [9.17, 15) is 9.59 Å². The van der Waals surface area contributed by atoms with Crippen LogP contribution in [0.1, 0.15) is 38.5 Å². The maximum Gasteiger partial charge on any atom is 0.330 e. The quantitative estimate of drug-likeness (QED) is 0.362. The first-order valence-electron chi connectivity index (χ1n) is 5.79. The Kier molecular flexibility index (Phi) is 8.09. The summed E-state index contributed by atoms with van der Waals surface area (Å²) in [5.74, 6) is -2.06. The molecule has 0 aliphatic carbocycles. The molecule has 0 aromatic rings. The summed E-state index contributed by atoms with van der Waals surface area (Å²) in [6.45, 7) is 0. The van der Waals surface area contributed by atoms with Gasteiger partial charge < -0.3 is 21.7 Å². The molecule has 0 atom stereocenters. The van der Waals surface area contributed by atoms with Crippen LogP contribution in [-0.4, -0.2) is 22.2 Å². The van der Waals surface area contributed by atoms with Crippen molar-refractivity contribution in [1.29, 1.82) is 0 Å². The van der Waals surface area contributed by atoms with Crippen molar-refractivity contribution in [2.75, 3.05) is 0 Å². The third-order valence-electron chi connectivity index (χ3n) is 2.30. The van der Waals surface area contributed by atoms with Crippen LogP contribution in [0.25, 0.3) is 0 Å². The van der Waals surface area contributed by atoms with E-state index in [0.717, 1.165) is 37.8 Å². The van der Waals surface area contributed by atoms with Crippen LogP contribution < -0.4 is 11.5 Å². The van der Waals surface area contributed by atoms with E-state index in [1.165, 1.54) is 0 Å². The zero-order valence-corrected chi connectivity index (χ0v) is 10.3. The summed E-state index contributed by atoms with van der Waals surface area (Å²) in [5.41, 5.74) is 11.7. The average molecular weight is 256 g/mol. The van der Waals surface area contributed by atoms with Crippen molar-refractivity contribution in [2.24, 2.45) is 11.5 Å². The van der Waals surface area contributed by atoms with Gasteiger partial charge in [-0.05, 0) is 25.7 Å². The van der Waals surface area contributed by atoms with Crippen molar-refractivity contribution in [3.05, 3.63) is 23.5 Å². The van der Waals surface area contributed by atoms with E-state index in [1.54, 1.807) is 0 Å². The normalized spacial score (nSPS) is 12.4. The van der Waals surface area contributed by atoms with Crippen molar-refractivity contribution in [2.45, 2.75) is 38.5 Å². The Hall–Kier alpha value is -1.98. The lowest BCUT2D eigenvalue weighted by Gasteiger charge is -2.02. The van der Waals surface area contributed by atoms with Crippen LogP contribution in [0.4, 0.5) is 0 Å².